The molecule has 1 fully saturated rings. The van der Waals surface area contributed by atoms with Crippen molar-refractivity contribution in [1.82, 2.24) is 10.6 Å². The highest BCUT2D eigenvalue weighted by Crippen LogP contribution is 2.14. The van der Waals surface area contributed by atoms with Crippen molar-refractivity contribution < 1.29 is 14.0 Å². The normalized spacial score (nSPS) is 19.2. The molecule has 1 atom stereocenters. The minimum atomic E-state index is -0.459. The fourth-order valence-corrected chi connectivity index (χ4v) is 1.99. The van der Waals surface area contributed by atoms with E-state index in [0.29, 0.717) is 24.9 Å². The molecule has 0 saturated carbocycles. The molecule has 0 aromatic heterocycles. The predicted molar refractivity (Wildman–Crippen MR) is 67.1 cm³/mol. The van der Waals surface area contributed by atoms with Crippen LogP contribution in [0.4, 0.5) is 4.39 Å². The number of thiol groups is 1. The fraction of sp³-hybridized carbons (Fsp3) is 0.333. The van der Waals surface area contributed by atoms with Gasteiger partial charge in [-0.2, -0.15) is 0 Å². The highest BCUT2D eigenvalue weighted by Gasteiger charge is 2.20. The van der Waals surface area contributed by atoms with Crippen LogP contribution in [0.2, 0.25) is 0 Å². The van der Waals surface area contributed by atoms with Gasteiger partial charge in [0, 0.05) is 29.5 Å². The van der Waals surface area contributed by atoms with Crippen molar-refractivity contribution in [1.29, 1.82) is 0 Å². The summed E-state index contributed by atoms with van der Waals surface area (Å²) in [5.41, 5.74) is 0.360. The predicted octanol–water partition coefficient (Wildman–Crippen LogP) is 1.12. The molecule has 96 valence electrons. The van der Waals surface area contributed by atoms with E-state index in [1.807, 2.05) is 0 Å². The number of amides is 2. The standard InChI is InChI=1S/C12H13FN2O2S/c13-9-3-1-7(5-10(9)18)12(17)15-8-2-4-11(16)14-6-8/h1,3,5,8,18H,2,4,6H2,(H,14,16)(H,15,17). The van der Waals surface area contributed by atoms with Crippen LogP contribution in [-0.4, -0.2) is 24.4 Å². The molecular formula is C12H13FN2O2S. The number of hydrogen-bond donors (Lipinski definition) is 3. The van der Waals surface area contributed by atoms with Crippen LogP contribution < -0.4 is 10.6 Å². The SMILES string of the molecule is O=C1CCC(NC(=O)c2ccc(F)c(S)c2)CN1. The monoisotopic (exact) mass is 268 g/mol. The quantitative estimate of drug-likeness (QED) is 0.704. The lowest BCUT2D eigenvalue weighted by Crippen LogP contribution is -2.47. The Balaban J connectivity index is 1.99. The molecule has 0 spiro atoms. The molecule has 6 heteroatoms. The number of carbonyl (C=O) groups is 2. The molecule has 0 aliphatic carbocycles. The van der Waals surface area contributed by atoms with E-state index in [9.17, 15) is 14.0 Å². The van der Waals surface area contributed by atoms with E-state index in [4.69, 9.17) is 0 Å². The average molecular weight is 268 g/mol. The third-order valence-electron chi connectivity index (χ3n) is 2.81. The van der Waals surface area contributed by atoms with Crippen molar-refractivity contribution in [3.8, 4) is 0 Å². The van der Waals surface area contributed by atoms with Gasteiger partial charge in [-0.25, -0.2) is 4.39 Å². The first-order valence-electron chi connectivity index (χ1n) is 5.62. The number of nitrogens with one attached hydrogen (secondary N) is 2. The van der Waals surface area contributed by atoms with Crippen LogP contribution >= 0.6 is 12.6 Å². The number of halogens is 1. The highest BCUT2D eigenvalue weighted by molar-refractivity contribution is 7.80. The second kappa shape index (κ2) is 5.39. The van der Waals surface area contributed by atoms with Gasteiger partial charge in [-0.3, -0.25) is 9.59 Å². The van der Waals surface area contributed by atoms with Gasteiger partial charge >= 0.3 is 0 Å². The topological polar surface area (TPSA) is 58.2 Å². The zero-order valence-corrected chi connectivity index (χ0v) is 10.5. The van der Waals surface area contributed by atoms with Gasteiger partial charge in [-0.05, 0) is 24.6 Å². The fourth-order valence-electron chi connectivity index (χ4n) is 1.78. The number of hydrogen-bond acceptors (Lipinski definition) is 3. The van der Waals surface area contributed by atoms with Crippen molar-refractivity contribution in [3.05, 3.63) is 29.6 Å². The highest BCUT2D eigenvalue weighted by atomic mass is 32.1. The van der Waals surface area contributed by atoms with Gasteiger partial charge in [-0.1, -0.05) is 0 Å². The number of rotatable bonds is 2. The molecule has 0 radical (unpaired) electrons. The Bertz CT molecular complexity index is 483. The first-order chi connectivity index (χ1) is 8.56. The number of benzene rings is 1. The molecule has 1 aliphatic heterocycles. The van der Waals surface area contributed by atoms with Gasteiger partial charge in [0.1, 0.15) is 5.82 Å². The smallest absolute Gasteiger partial charge is 0.251 e. The molecule has 1 aromatic carbocycles. The molecule has 4 nitrogen and oxygen atoms in total. The van der Waals surface area contributed by atoms with E-state index >= 15 is 0 Å². The summed E-state index contributed by atoms with van der Waals surface area (Å²) in [6, 6.07) is 3.92. The second-order valence-electron chi connectivity index (χ2n) is 4.18. The zero-order chi connectivity index (χ0) is 13.1. The van der Waals surface area contributed by atoms with Crippen LogP contribution in [-0.2, 0) is 4.79 Å². The van der Waals surface area contributed by atoms with Crippen molar-refractivity contribution in [2.24, 2.45) is 0 Å². The van der Waals surface area contributed by atoms with E-state index in [1.165, 1.54) is 18.2 Å². The molecule has 0 bridgehead atoms. The van der Waals surface area contributed by atoms with E-state index in [2.05, 4.69) is 23.3 Å². The minimum absolute atomic E-state index is 0.0000689. The van der Waals surface area contributed by atoms with E-state index in [0.717, 1.165) is 0 Å². The lowest BCUT2D eigenvalue weighted by molar-refractivity contribution is -0.122. The van der Waals surface area contributed by atoms with Crippen molar-refractivity contribution >= 4 is 24.4 Å². The van der Waals surface area contributed by atoms with Gasteiger partial charge < -0.3 is 10.6 Å². The van der Waals surface area contributed by atoms with E-state index in [-0.39, 0.29) is 22.8 Å². The lowest BCUT2D eigenvalue weighted by Gasteiger charge is -2.23. The molecule has 1 saturated heterocycles. The Morgan fingerprint density at radius 1 is 1.50 bits per heavy atom. The summed E-state index contributed by atoms with van der Waals surface area (Å²) in [6.07, 6.45) is 1.03. The van der Waals surface area contributed by atoms with Crippen molar-refractivity contribution in [2.45, 2.75) is 23.8 Å². The second-order valence-corrected chi connectivity index (χ2v) is 4.66. The molecular weight excluding hydrogens is 255 g/mol. The molecule has 2 rings (SSSR count). The summed E-state index contributed by atoms with van der Waals surface area (Å²) in [6.45, 7) is 0.430. The largest absolute Gasteiger partial charge is 0.354 e. The molecule has 1 unspecified atom stereocenters. The molecule has 18 heavy (non-hydrogen) atoms. The maximum atomic E-state index is 13.0. The summed E-state index contributed by atoms with van der Waals surface area (Å²) in [4.78, 5) is 23.0. The first-order valence-corrected chi connectivity index (χ1v) is 6.07. The van der Waals surface area contributed by atoms with Gasteiger partial charge in [0.25, 0.3) is 5.91 Å². The van der Waals surface area contributed by atoms with Crippen LogP contribution in [0.25, 0.3) is 0 Å². The average Bonchev–Trinajstić information content (AvgIpc) is 2.35. The van der Waals surface area contributed by atoms with Crippen LogP contribution in [0, 0.1) is 5.82 Å². The molecule has 1 aliphatic rings. The molecule has 1 heterocycles. The van der Waals surface area contributed by atoms with Crippen LogP contribution in [0.5, 0.6) is 0 Å². The maximum absolute atomic E-state index is 13.0. The van der Waals surface area contributed by atoms with Gasteiger partial charge in [0.05, 0.1) is 0 Å². The molecule has 1 aromatic rings. The number of piperidine rings is 1. The van der Waals surface area contributed by atoms with Crippen molar-refractivity contribution in [2.75, 3.05) is 6.54 Å². The maximum Gasteiger partial charge on any atom is 0.251 e. The van der Waals surface area contributed by atoms with Gasteiger partial charge in [0.2, 0.25) is 5.91 Å². The summed E-state index contributed by atoms with van der Waals surface area (Å²) in [5.74, 6) is -0.744. The Hall–Kier alpha value is -1.56. The van der Waals surface area contributed by atoms with Gasteiger partial charge in [0.15, 0.2) is 0 Å². The Morgan fingerprint density at radius 2 is 2.28 bits per heavy atom. The molecule has 2 N–H and O–H groups in total. The van der Waals surface area contributed by atoms with Crippen LogP contribution in [0.1, 0.15) is 23.2 Å². The van der Waals surface area contributed by atoms with E-state index in [1.54, 1.807) is 0 Å². The summed E-state index contributed by atoms with van der Waals surface area (Å²) in [7, 11) is 0. The summed E-state index contributed by atoms with van der Waals surface area (Å²) >= 11 is 3.93. The van der Waals surface area contributed by atoms with Crippen LogP contribution in [0.3, 0.4) is 0 Å². The third-order valence-corrected chi connectivity index (χ3v) is 3.15. The Labute approximate surface area is 109 Å². The van der Waals surface area contributed by atoms with Crippen molar-refractivity contribution in [3.63, 3.8) is 0 Å². The summed E-state index contributed by atoms with van der Waals surface area (Å²) < 4.78 is 13.0. The minimum Gasteiger partial charge on any atom is -0.354 e. The Kier molecular flexibility index (Phi) is 3.86. The lowest BCUT2D eigenvalue weighted by atomic mass is 10.1. The summed E-state index contributed by atoms with van der Waals surface area (Å²) in [5, 5.41) is 5.47. The first kappa shape index (κ1) is 12.9. The van der Waals surface area contributed by atoms with Crippen LogP contribution in [0.15, 0.2) is 23.1 Å². The van der Waals surface area contributed by atoms with Gasteiger partial charge in [-0.15, -0.1) is 12.6 Å². The number of carbonyl (C=O) groups excluding carboxylic acids is 2. The Morgan fingerprint density at radius 3 is 2.89 bits per heavy atom. The third kappa shape index (κ3) is 3.01. The zero-order valence-electron chi connectivity index (χ0n) is 9.57. The molecule has 2 amide bonds. The van der Waals surface area contributed by atoms with E-state index < -0.39 is 5.82 Å².